The van der Waals surface area contributed by atoms with E-state index in [2.05, 4.69) is 5.10 Å². The number of halogens is 4. The molecule has 0 saturated carbocycles. The molecule has 1 aromatic heterocycles. The second-order valence-electron chi connectivity index (χ2n) is 6.12. The maximum atomic E-state index is 13.0. The standard InChI is InChI=1S/C12H17BF4N2O2/c1-10(2)11(3,4)21-13(20-10)8-5-18-19(6-8)7-12(16,17)9(14)15/h5-6,9H,7H2,1-4H3. The lowest BCUT2D eigenvalue weighted by Crippen LogP contribution is -2.41. The third-order valence-electron chi connectivity index (χ3n) is 3.87. The summed E-state index contributed by atoms with van der Waals surface area (Å²) in [5, 5.41) is 3.67. The molecule has 0 aromatic carbocycles. The molecule has 9 heteroatoms. The van der Waals surface area contributed by atoms with Crippen molar-refractivity contribution in [2.45, 2.75) is 57.8 Å². The molecule has 0 radical (unpaired) electrons. The molecule has 1 aromatic rings. The third-order valence-corrected chi connectivity index (χ3v) is 3.87. The summed E-state index contributed by atoms with van der Waals surface area (Å²) in [5.41, 5.74) is -0.738. The summed E-state index contributed by atoms with van der Waals surface area (Å²) < 4.78 is 62.6. The molecule has 21 heavy (non-hydrogen) atoms. The van der Waals surface area contributed by atoms with Crippen LogP contribution in [0.4, 0.5) is 17.6 Å². The number of hydrogen-bond acceptors (Lipinski definition) is 3. The highest BCUT2D eigenvalue weighted by atomic mass is 19.3. The largest absolute Gasteiger partial charge is 0.498 e. The maximum absolute atomic E-state index is 13.0. The van der Waals surface area contributed by atoms with Gasteiger partial charge in [0.25, 0.3) is 0 Å². The molecule has 0 atom stereocenters. The molecular formula is C12H17BF4N2O2. The molecule has 1 aliphatic heterocycles. The molecule has 0 unspecified atom stereocenters. The fourth-order valence-corrected chi connectivity index (χ4v) is 1.85. The van der Waals surface area contributed by atoms with Gasteiger partial charge in [-0.05, 0) is 27.7 Å². The molecule has 118 valence electrons. The Kier molecular flexibility index (Phi) is 3.86. The van der Waals surface area contributed by atoms with Gasteiger partial charge in [-0.3, -0.25) is 4.68 Å². The van der Waals surface area contributed by atoms with E-state index in [-0.39, 0.29) is 0 Å². The van der Waals surface area contributed by atoms with Crippen LogP contribution in [0.5, 0.6) is 0 Å². The monoisotopic (exact) mass is 308 g/mol. The lowest BCUT2D eigenvalue weighted by Gasteiger charge is -2.32. The van der Waals surface area contributed by atoms with Crippen LogP contribution in [0.3, 0.4) is 0 Å². The van der Waals surface area contributed by atoms with Gasteiger partial charge >= 0.3 is 19.5 Å². The summed E-state index contributed by atoms with van der Waals surface area (Å²) >= 11 is 0. The minimum Gasteiger partial charge on any atom is -0.399 e. The predicted octanol–water partition coefficient (Wildman–Crippen LogP) is 2.08. The predicted molar refractivity (Wildman–Crippen MR) is 68.9 cm³/mol. The second kappa shape index (κ2) is 4.98. The number of hydrogen-bond donors (Lipinski definition) is 0. The zero-order chi connectivity index (χ0) is 16.1. The van der Waals surface area contributed by atoms with E-state index < -0.39 is 37.2 Å². The highest BCUT2D eigenvalue weighted by molar-refractivity contribution is 6.61. The molecule has 2 heterocycles. The maximum Gasteiger partial charge on any atom is 0.498 e. The van der Waals surface area contributed by atoms with Crippen molar-refractivity contribution >= 4 is 12.6 Å². The number of alkyl halides is 4. The van der Waals surface area contributed by atoms with Gasteiger partial charge in [-0.2, -0.15) is 13.9 Å². The van der Waals surface area contributed by atoms with Gasteiger partial charge in [0.15, 0.2) is 0 Å². The first-order chi connectivity index (χ1) is 9.45. The fraction of sp³-hybridized carbons (Fsp3) is 0.750. The molecule has 0 amide bonds. The molecule has 1 saturated heterocycles. The molecule has 0 spiro atoms. The van der Waals surface area contributed by atoms with Crippen molar-refractivity contribution in [1.29, 1.82) is 0 Å². The number of nitrogens with zero attached hydrogens (tertiary/aromatic N) is 2. The van der Waals surface area contributed by atoms with Gasteiger partial charge in [-0.25, -0.2) is 8.78 Å². The quantitative estimate of drug-likeness (QED) is 0.631. The molecule has 4 nitrogen and oxygen atoms in total. The van der Waals surface area contributed by atoms with E-state index in [9.17, 15) is 17.6 Å². The molecular weight excluding hydrogens is 291 g/mol. The Morgan fingerprint density at radius 1 is 1.24 bits per heavy atom. The summed E-state index contributed by atoms with van der Waals surface area (Å²) in [6.07, 6.45) is -1.22. The van der Waals surface area contributed by atoms with E-state index in [1.54, 1.807) is 0 Å². The van der Waals surface area contributed by atoms with E-state index in [0.717, 1.165) is 4.68 Å². The zero-order valence-electron chi connectivity index (χ0n) is 12.2. The van der Waals surface area contributed by atoms with Crippen molar-refractivity contribution in [2.24, 2.45) is 0 Å². The Morgan fingerprint density at radius 3 is 2.24 bits per heavy atom. The first kappa shape index (κ1) is 16.3. The van der Waals surface area contributed by atoms with E-state index in [0.29, 0.717) is 5.46 Å². The van der Waals surface area contributed by atoms with Gasteiger partial charge in [0.05, 0.1) is 11.2 Å². The van der Waals surface area contributed by atoms with E-state index in [1.165, 1.54) is 12.4 Å². The Balaban J connectivity index is 2.12. The first-order valence-corrected chi connectivity index (χ1v) is 6.48. The number of rotatable bonds is 4. The Bertz CT molecular complexity index is 503. The van der Waals surface area contributed by atoms with Crippen LogP contribution in [-0.4, -0.2) is 40.4 Å². The lowest BCUT2D eigenvalue weighted by atomic mass is 9.82. The lowest BCUT2D eigenvalue weighted by molar-refractivity contribution is -0.139. The zero-order valence-corrected chi connectivity index (χ0v) is 12.2. The van der Waals surface area contributed by atoms with Crippen LogP contribution in [0, 0.1) is 0 Å². The van der Waals surface area contributed by atoms with Gasteiger partial charge in [-0.15, -0.1) is 0 Å². The molecule has 1 aliphatic rings. The van der Waals surface area contributed by atoms with Crippen LogP contribution < -0.4 is 5.46 Å². The summed E-state index contributed by atoms with van der Waals surface area (Å²) in [6, 6.07) is 0. The SMILES string of the molecule is CC1(C)OB(c2cnn(CC(F)(F)C(F)F)c2)OC1(C)C. The fourth-order valence-electron chi connectivity index (χ4n) is 1.85. The van der Waals surface area contributed by atoms with Crippen LogP contribution >= 0.6 is 0 Å². The van der Waals surface area contributed by atoms with Crippen LogP contribution in [-0.2, 0) is 15.9 Å². The highest BCUT2D eigenvalue weighted by Crippen LogP contribution is 2.36. The van der Waals surface area contributed by atoms with Crippen LogP contribution in [0.1, 0.15) is 27.7 Å². The molecule has 2 rings (SSSR count). The van der Waals surface area contributed by atoms with E-state index >= 15 is 0 Å². The van der Waals surface area contributed by atoms with Gasteiger partial charge in [-0.1, -0.05) is 0 Å². The van der Waals surface area contributed by atoms with Crippen molar-refractivity contribution in [3.8, 4) is 0 Å². The van der Waals surface area contributed by atoms with Gasteiger partial charge in [0.2, 0.25) is 0 Å². The molecule has 0 N–H and O–H groups in total. The van der Waals surface area contributed by atoms with Crippen LogP contribution in [0.25, 0.3) is 0 Å². The minimum absolute atomic E-state index is 0.415. The summed E-state index contributed by atoms with van der Waals surface area (Å²) in [5.74, 6) is -4.13. The Morgan fingerprint density at radius 2 is 1.76 bits per heavy atom. The molecule has 0 aliphatic carbocycles. The van der Waals surface area contributed by atoms with Crippen molar-refractivity contribution in [3.63, 3.8) is 0 Å². The molecule has 0 bridgehead atoms. The van der Waals surface area contributed by atoms with Crippen LogP contribution in [0.15, 0.2) is 12.4 Å². The van der Waals surface area contributed by atoms with Crippen molar-refractivity contribution in [1.82, 2.24) is 9.78 Å². The van der Waals surface area contributed by atoms with Crippen molar-refractivity contribution in [3.05, 3.63) is 12.4 Å². The first-order valence-electron chi connectivity index (χ1n) is 6.48. The Labute approximate surface area is 120 Å². The average Bonchev–Trinajstić information content (AvgIpc) is 2.82. The van der Waals surface area contributed by atoms with Crippen molar-refractivity contribution < 1.29 is 26.9 Å². The topological polar surface area (TPSA) is 36.3 Å². The van der Waals surface area contributed by atoms with Crippen molar-refractivity contribution in [2.75, 3.05) is 0 Å². The van der Waals surface area contributed by atoms with E-state index in [1.807, 2.05) is 27.7 Å². The average molecular weight is 308 g/mol. The smallest absolute Gasteiger partial charge is 0.399 e. The van der Waals surface area contributed by atoms with Gasteiger partial charge < -0.3 is 9.31 Å². The van der Waals surface area contributed by atoms with E-state index in [4.69, 9.17) is 9.31 Å². The normalized spacial score (nSPS) is 21.3. The Hall–Kier alpha value is -1.09. The molecule has 1 fully saturated rings. The minimum atomic E-state index is -4.13. The van der Waals surface area contributed by atoms with Crippen LogP contribution in [0.2, 0.25) is 0 Å². The third kappa shape index (κ3) is 3.08. The highest BCUT2D eigenvalue weighted by Gasteiger charge is 2.52. The second-order valence-corrected chi connectivity index (χ2v) is 6.12. The van der Waals surface area contributed by atoms with Gasteiger partial charge in [0, 0.05) is 17.9 Å². The van der Waals surface area contributed by atoms with Gasteiger partial charge in [0.1, 0.15) is 6.54 Å². The summed E-state index contributed by atoms with van der Waals surface area (Å²) in [6.45, 7) is 6.21. The summed E-state index contributed by atoms with van der Waals surface area (Å²) in [4.78, 5) is 0. The number of aromatic nitrogens is 2. The summed E-state index contributed by atoms with van der Waals surface area (Å²) in [7, 11) is -0.760.